The molecule has 7 bridgehead atoms. The molecule has 0 radical (unpaired) electrons. The molecule has 316 valence electrons. The first kappa shape index (κ1) is 45.2. The lowest BCUT2D eigenvalue weighted by Gasteiger charge is -2.37. The molecule has 14 unspecified atom stereocenters. The number of hydrogen-bond acceptors (Lipinski definition) is 10. The highest BCUT2D eigenvalue weighted by Gasteiger charge is 2.45. The van der Waals surface area contributed by atoms with Crippen molar-refractivity contribution in [1.82, 2.24) is 0 Å². The van der Waals surface area contributed by atoms with Gasteiger partial charge in [0.25, 0.3) is 0 Å². The molecule has 0 aromatic rings. The molecule has 10 heteroatoms. The number of ether oxygens (including phenoxy) is 5. The van der Waals surface area contributed by atoms with E-state index in [0.717, 1.165) is 44.1 Å². The number of carbonyl (C=O) groups excluding carboxylic acids is 1. The van der Waals surface area contributed by atoms with Crippen LogP contribution in [0.1, 0.15) is 98.3 Å². The van der Waals surface area contributed by atoms with Crippen LogP contribution in [0.4, 0.5) is 0 Å². The van der Waals surface area contributed by atoms with E-state index in [2.05, 4.69) is 51.2 Å². The summed E-state index contributed by atoms with van der Waals surface area (Å²) in [7, 11) is 0. The molecule has 0 aliphatic carbocycles. The Morgan fingerprint density at radius 2 is 1.53 bits per heavy atom. The summed E-state index contributed by atoms with van der Waals surface area (Å²) >= 11 is 0. The van der Waals surface area contributed by atoms with E-state index in [1.807, 2.05) is 43.4 Å². The Bertz CT molecular complexity index is 1490. The van der Waals surface area contributed by atoms with Crippen LogP contribution in [0.25, 0.3) is 0 Å². The molecule has 57 heavy (non-hydrogen) atoms. The van der Waals surface area contributed by atoms with E-state index in [1.165, 1.54) is 6.08 Å². The van der Waals surface area contributed by atoms with Crippen LogP contribution in [0.3, 0.4) is 0 Å². The van der Waals surface area contributed by atoms with Crippen molar-refractivity contribution >= 4 is 5.97 Å². The van der Waals surface area contributed by atoms with Crippen molar-refractivity contribution in [3.8, 4) is 0 Å². The number of allylic oxidation sites excluding steroid dienone is 7. The Balaban J connectivity index is 1.27. The zero-order valence-electron chi connectivity index (χ0n) is 34.3. The smallest absolute Gasteiger partial charge is 0.331 e. The van der Waals surface area contributed by atoms with E-state index < -0.39 is 42.8 Å². The average molecular weight is 793 g/mol. The summed E-state index contributed by atoms with van der Waals surface area (Å²) in [5.74, 6) is 0.301. The van der Waals surface area contributed by atoms with Crippen molar-refractivity contribution in [3.63, 3.8) is 0 Å². The molecule has 0 spiro atoms. The Morgan fingerprint density at radius 3 is 2.35 bits per heavy atom. The number of aliphatic hydroxyl groups is 4. The van der Waals surface area contributed by atoms with Gasteiger partial charge in [0, 0.05) is 18.4 Å². The lowest BCUT2D eigenvalue weighted by atomic mass is 9.88. The van der Waals surface area contributed by atoms with Crippen LogP contribution in [-0.4, -0.2) is 99.8 Å². The lowest BCUT2D eigenvalue weighted by Crippen LogP contribution is -2.44. The molecule has 10 nitrogen and oxygen atoms in total. The molecule has 6 aliphatic rings. The predicted molar refractivity (Wildman–Crippen MR) is 221 cm³/mol. The fourth-order valence-corrected chi connectivity index (χ4v) is 8.42. The lowest BCUT2D eigenvalue weighted by molar-refractivity contribution is -0.148. The van der Waals surface area contributed by atoms with E-state index in [9.17, 15) is 25.2 Å². The molecule has 6 rings (SSSR count). The Hall–Kier alpha value is -2.93. The highest BCUT2D eigenvalue weighted by molar-refractivity contribution is 5.82. The Morgan fingerprint density at radius 1 is 0.754 bits per heavy atom. The monoisotopic (exact) mass is 792 g/mol. The number of aliphatic hydroxyl groups excluding tert-OH is 3. The molecule has 0 aromatic heterocycles. The number of hydrogen-bond donors (Lipinski definition) is 4. The number of unbranched alkanes of at least 4 members (excludes halogenated alkanes) is 1. The first-order chi connectivity index (χ1) is 27.5. The second kappa shape index (κ2) is 23.0. The molecule has 0 aromatic carbocycles. The minimum atomic E-state index is -1.28. The molecule has 3 saturated heterocycles. The molecule has 3 fully saturated rings. The SMILES string of the molecule is CC(=CC(C)CCCCC(O)O)C1OC2C=CC1OC(=O)C=CC=CC=CC1OC3CC1OC(C=CCC1OC(CCC1C)C(O)C(O)C=CCCC=CC2)C3C. The van der Waals surface area contributed by atoms with E-state index in [4.69, 9.17) is 23.7 Å². The van der Waals surface area contributed by atoms with Crippen LogP contribution >= 0.6 is 0 Å². The zero-order valence-corrected chi connectivity index (χ0v) is 34.3. The molecule has 6 aliphatic heterocycles. The molecule has 6 heterocycles. The van der Waals surface area contributed by atoms with Crippen LogP contribution in [0.15, 0.2) is 96.7 Å². The van der Waals surface area contributed by atoms with Crippen LogP contribution in [-0.2, 0) is 28.5 Å². The van der Waals surface area contributed by atoms with Crippen molar-refractivity contribution in [2.45, 2.75) is 172 Å². The summed E-state index contributed by atoms with van der Waals surface area (Å²) in [6.07, 6.45) is 31.7. The van der Waals surface area contributed by atoms with Gasteiger partial charge < -0.3 is 44.1 Å². The highest BCUT2D eigenvalue weighted by atomic mass is 16.6. The first-order valence-corrected chi connectivity index (χ1v) is 21.4. The number of fused-ring (bicyclic) bond motifs is 13. The second-order valence-corrected chi connectivity index (χ2v) is 16.7. The van der Waals surface area contributed by atoms with Gasteiger partial charge in [-0.3, -0.25) is 0 Å². The van der Waals surface area contributed by atoms with E-state index in [1.54, 1.807) is 18.2 Å². The van der Waals surface area contributed by atoms with Gasteiger partial charge in [-0.25, -0.2) is 4.79 Å². The van der Waals surface area contributed by atoms with Gasteiger partial charge in [0.15, 0.2) is 12.4 Å². The minimum absolute atomic E-state index is 0.0468. The average Bonchev–Trinajstić information content (AvgIpc) is 3.53. The standard InChI is InChI=1S/C47H68O10/c1-31(17-14-15-23-44(49)50)29-33(3)47-41-28-26-35(53-47)18-10-6-5-7-11-19-36(48)46(52)40-27-25-32(2)37(54-40)21-16-22-38-34(4)42-30-43(55-38)39(56-42)20-12-8-9-13-24-45(51)57-41/h6,8-13,16,19-20,22,24,26,28-29,31-32,34-44,46-50,52H,5,7,14-15,17-18,21,23,25,27,30H2,1-4H3. The number of rotatable bonds is 7. The topological polar surface area (TPSA) is 144 Å². The third-order valence-electron chi connectivity index (χ3n) is 11.9. The summed E-state index contributed by atoms with van der Waals surface area (Å²) in [5, 5.41) is 40.2. The van der Waals surface area contributed by atoms with Crippen molar-refractivity contribution < 1.29 is 48.9 Å². The molecule has 0 amide bonds. The Labute approximate surface area is 340 Å². The maximum Gasteiger partial charge on any atom is 0.331 e. The van der Waals surface area contributed by atoms with Gasteiger partial charge in [0.05, 0.1) is 36.6 Å². The maximum absolute atomic E-state index is 13.0. The number of carbonyl (C=O) groups is 1. The summed E-state index contributed by atoms with van der Waals surface area (Å²) in [5.41, 5.74) is 0.977. The highest BCUT2D eigenvalue weighted by Crippen LogP contribution is 2.38. The fourth-order valence-electron chi connectivity index (χ4n) is 8.42. The van der Waals surface area contributed by atoms with Crippen LogP contribution in [0.2, 0.25) is 0 Å². The molecule has 14 atom stereocenters. The fraction of sp³-hybridized carbons (Fsp3) is 0.638. The van der Waals surface area contributed by atoms with E-state index >= 15 is 0 Å². The summed E-state index contributed by atoms with van der Waals surface area (Å²) < 4.78 is 31.7. The normalized spacial score (nSPS) is 37.7. The van der Waals surface area contributed by atoms with Gasteiger partial charge >= 0.3 is 5.97 Å². The minimum Gasteiger partial charge on any atom is -0.452 e. The van der Waals surface area contributed by atoms with Crippen molar-refractivity contribution in [3.05, 3.63) is 96.7 Å². The summed E-state index contributed by atoms with van der Waals surface area (Å²) in [6.45, 7) is 8.48. The molecule has 0 saturated carbocycles. The van der Waals surface area contributed by atoms with Gasteiger partial charge in [-0.15, -0.1) is 0 Å². The first-order valence-electron chi connectivity index (χ1n) is 21.4. The van der Waals surface area contributed by atoms with Gasteiger partial charge in [-0.1, -0.05) is 106 Å². The van der Waals surface area contributed by atoms with Gasteiger partial charge in [0.2, 0.25) is 0 Å². The largest absolute Gasteiger partial charge is 0.452 e. The van der Waals surface area contributed by atoms with Crippen molar-refractivity contribution in [1.29, 1.82) is 0 Å². The third-order valence-corrected chi connectivity index (χ3v) is 11.9. The van der Waals surface area contributed by atoms with Crippen LogP contribution in [0.5, 0.6) is 0 Å². The number of esters is 1. The van der Waals surface area contributed by atoms with Crippen LogP contribution < -0.4 is 0 Å². The maximum atomic E-state index is 13.0. The van der Waals surface area contributed by atoms with Gasteiger partial charge in [0.1, 0.15) is 24.4 Å². The zero-order chi connectivity index (χ0) is 40.7. The van der Waals surface area contributed by atoms with E-state index in [0.29, 0.717) is 38.0 Å². The van der Waals surface area contributed by atoms with Gasteiger partial charge in [-0.05, 0) is 88.2 Å². The molecular formula is C47H68O10. The summed E-state index contributed by atoms with van der Waals surface area (Å²) in [6, 6.07) is 0. The van der Waals surface area contributed by atoms with Crippen molar-refractivity contribution in [2.24, 2.45) is 17.8 Å². The third kappa shape index (κ3) is 14.1. The molecular weight excluding hydrogens is 725 g/mol. The summed E-state index contributed by atoms with van der Waals surface area (Å²) in [4.78, 5) is 13.0. The molecule has 4 N–H and O–H groups in total. The van der Waals surface area contributed by atoms with Crippen LogP contribution in [0, 0.1) is 17.8 Å². The quantitative estimate of drug-likeness (QED) is 0.0917. The van der Waals surface area contributed by atoms with Gasteiger partial charge in [-0.2, -0.15) is 0 Å². The Kier molecular flexibility index (Phi) is 18.2. The predicted octanol–water partition coefficient (Wildman–Crippen LogP) is 7.05. The van der Waals surface area contributed by atoms with E-state index in [-0.39, 0.29) is 48.5 Å². The second-order valence-electron chi connectivity index (χ2n) is 16.7. The van der Waals surface area contributed by atoms with Crippen molar-refractivity contribution in [2.75, 3.05) is 0 Å².